The van der Waals surface area contributed by atoms with Crippen molar-refractivity contribution in [2.45, 2.75) is 26.4 Å². The summed E-state index contributed by atoms with van der Waals surface area (Å²) in [5, 5.41) is 8.30. The highest BCUT2D eigenvalue weighted by Crippen LogP contribution is 2.29. The lowest BCUT2D eigenvalue weighted by molar-refractivity contribution is 0.618. The largest absolute Gasteiger partial charge is 0.324 e. The molecule has 1 aromatic heterocycles. The van der Waals surface area contributed by atoms with Gasteiger partial charge in [0.05, 0.1) is 17.1 Å². The highest BCUT2D eigenvalue weighted by molar-refractivity contribution is 6.33. The van der Waals surface area contributed by atoms with Crippen LogP contribution < -0.4 is 5.73 Å². The van der Waals surface area contributed by atoms with Crippen LogP contribution in [-0.4, -0.2) is 14.8 Å². The topological polar surface area (TPSA) is 56.7 Å². The van der Waals surface area contributed by atoms with E-state index in [1.165, 1.54) is 6.07 Å². The van der Waals surface area contributed by atoms with E-state index >= 15 is 0 Å². The molecule has 0 saturated carbocycles. The summed E-state index contributed by atoms with van der Waals surface area (Å²) < 4.78 is 15.7. The second-order valence-corrected chi connectivity index (χ2v) is 4.30. The van der Waals surface area contributed by atoms with Crippen molar-refractivity contribution in [1.82, 2.24) is 14.8 Å². The highest BCUT2D eigenvalue weighted by Gasteiger charge is 2.18. The van der Waals surface area contributed by atoms with Gasteiger partial charge in [0.1, 0.15) is 11.6 Å². The first-order valence-corrected chi connectivity index (χ1v) is 6.13. The second kappa shape index (κ2) is 5.46. The van der Waals surface area contributed by atoms with Gasteiger partial charge in [0.15, 0.2) is 5.82 Å². The van der Waals surface area contributed by atoms with E-state index in [9.17, 15) is 4.39 Å². The number of hydrogen-bond acceptors (Lipinski definition) is 3. The Hall–Kier alpha value is -1.46. The van der Waals surface area contributed by atoms with Gasteiger partial charge in [-0.05, 0) is 18.6 Å². The predicted molar refractivity (Wildman–Crippen MR) is 68.6 cm³/mol. The van der Waals surface area contributed by atoms with Crippen LogP contribution in [0.4, 0.5) is 4.39 Å². The van der Waals surface area contributed by atoms with Gasteiger partial charge in [0.25, 0.3) is 0 Å². The summed E-state index contributed by atoms with van der Waals surface area (Å²) in [4.78, 5) is 0. The molecule has 1 heterocycles. The molecule has 0 atom stereocenters. The summed E-state index contributed by atoms with van der Waals surface area (Å²) in [6.07, 6.45) is 0.879. The molecule has 0 aliphatic heterocycles. The summed E-state index contributed by atoms with van der Waals surface area (Å²) >= 11 is 6.04. The zero-order chi connectivity index (χ0) is 13.1. The minimum atomic E-state index is -0.407. The van der Waals surface area contributed by atoms with Crippen LogP contribution in [0.5, 0.6) is 0 Å². The van der Waals surface area contributed by atoms with E-state index in [0.29, 0.717) is 23.2 Å². The average Bonchev–Trinajstić information content (AvgIpc) is 2.73. The molecule has 18 heavy (non-hydrogen) atoms. The molecule has 0 bridgehead atoms. The van der Waals surface area contributed by atoms with Gasteiger partial charge < -0.3 is 10.3 Å². The summed E-state index contributed by atoms with van der Waals surface area (Å²) in [6, 6.07) is 4.55. The van der Waals surface area contributed by atoms with Crippen LogP contribution in [0.1, 0.15) is 19.2 Å². The lowest BCUT2D eigenvalue weighted by atomic mass is 10.2. The number of nitrogens with zero attached hydrogens (tertiary/aromatic N) is 3. The fourth-order valence-corrected chi connectivity index (χ4v) is 2.09. The van der Waals surface area contributed by atoms with Crippen molar-refractivity contribution in [3.63, 3.8) is 0 Å². The van der Waals surface area contributed by atoms with Gasteiger partial charge in [-0.2, -0.15) is 0 Å². The fourth-order valence-electron chi connectivity index (χ4n) is 1.84. The molecule has 0 amide bonds. The van der Waals surface area contributed by atoms with E-state index in [4.69, 9.17) is 17.3 Å². The third kappa shape index (κ3) is 2.23. The van der Waals surface area contributed by atoms with Crippen molar-refractivity contribution in [1.29, 1.82) is 0 Å². The molecular formula is C12H14ClFN4. The molecule has 6 heteroatoms. The zero-order valence-corrected chi connectivity index (χ0v) is 10.8. The lowest BCUT2D eigenvalue weighted by Gasteiger charge is -2.09. The van der Waals surface area contributed by atoms with Crippen LogP contribution in [-0.2, 0) is 13.1 Å². The van der Waals surface area contributed by atoms with Crippen LogP contribution in [0, 0.1) is 5.82 Å². The van der Waals surface area contributed by atoms with E-state index in [1.807, 2.05) is 11.5 Å². The number of aromatic nitrogens is 3. The molecule has 96 valence electrons. The van der Waals surface area contributed by atoms with Gasteiger partial charge in [-0.3, -0.25) is 0 Å². The number of benzene rings is 1. The normalized spacial score (nSPS) is 10.9. The standard InChI is InChI=1S/C12H14ClFN4/c1-2-6-18-10(7-15)16-17-12(18)11-8(13)4-3-5-9(11)14/h3-5H,2,6-7,15H2,1H3. The van der Waals surface area contributed by atoms with Crippen LogP contribution in [0.2, 0.25) is 5.02 Å². The maximum absolute atomic E-state index is 13.9. The lowest BCUT2D eigenvalue weighted by Crippen LogP contribution is -2.10. The number of rotatable bonds is 4. The highest BCUT2D eigenvalue weighted by atomic mass is 35.5. The molecule has 0 radical (unpaired) electrons. The van der Waals surface area contributed by atoms with Gasteiger partial charge in [-0.1, -0.05) is 24.6 Å². The second-order valence-electron chi connectivity index (χ2n) is 3.89. The van der Waals surface area contributed by atoms with Crippen LogP contribution in [0.3, 0.4) is 0 Å². The zero-order valence-electron chi connectivity index (χ0n) is 10.0. The van der Waals surface area contributed by atoms with E-state index in [2.05, 4.69) is 10.2 Å². The van der Waals surface area contributed by atoms with Crippen molar-refractivity contribution in [3.05, 3.63) is 34.9 Å². The van der Waals surface area contributed by atoms with E-state index in [1.54, 1.807) is 12.1 Å². The fraction of sp³-hybridized carbons (Fsp3) is 0.333. The molecule has 4 nitrogen and oxygen atoms in total. The summed E-state index contributed by atoms with van der Waals surface area (Å²) in [5.74, 6) is 0.655. The van der Waals surface area contributed by atoms with Crippen LogP contribution in [0.25, 0.3) is 11.4 Å². The molecule has 0 aliphatic carbocycles. The minimum Gasteiger partial charge on any atom is -0.324 e. The van der Waals surface area contributed by atoms with Crippen LogP contribution >= 0.6 is 11.6 Å². The molecule has 1 aromatic carbocycles. The molecular weight excluding hydrogens is 255 g/mol. The Labute approximate surface area is 110 Å². The SMILES string of the molecule is CCCn1c(CN)nnc1-c1c(F)cccc1Cl. The monoisotopic (exact) mass is 268 g/mol. The molecule has 0 spiro atoms. The van der Waals surface area contributed by atoms with Gasteiger partial charge in [0.2, 0.25) is 0 Å². The van der Waals surface area contributed by atoms with Crippen molar-refractivity contribution in [2.75, 3.05) is 0 Å². The Bertz CT molecular complexity index is 533. The Morgan fingerprint density at radius 3 is 2.78 bits per heavy atom. The third-order valence-corrected chi connectivity index (χ3v) is 2.96. The number of halogens is 2. The van der Waals surface area contributed by atoms with Gasteiger partial charge in [0, 0.05) is 6.54 Å². The maximum atomic E-state index is 13.9. The maximum Gasteiger partial charge on any atom is 0.168 e. The van der Waals surface area contributed by atoms with E-state index in [0.717, 1.165) is 6.42 Å². The van der Waals surface area contributed by atoms with Crippen molar-refractivity contribution in [2.24, 2.45) is 5.73 Å². The van der Waals surface area contributed by atoms with Crippen molar-refractivity contribution < 1.29 is 4.39 Å². The van der Waals surface area contributed by atoms with Gasteiger partial charge in [-0.25, -0.2) is 4.39 Å². The molecule has 0 fully saturated rings. The molecule has 2 aromatic rings. The molecule has 2 rings (SSSR count). The minimum absolute atomic E-state index is 0.263. The number of hydrogen-bond donors (Lipinski definition) is 1. The van der Waals surface area contributed by atoms with Gasteiger partial charge >= 0.3 is 0 Å². The first kappa shape index (κ1) is 13.0. The summed E-state index contributed by atoms with van der Waals surface area (Å²) in [5.41, 5.74) is 5.88. The first-order valence-electron chi connectivity index (χ1n) is 5.75. The molecule has 0 aliphatic rings. The third-order valence-electron chi connectivity index (χ3n) is 2.64. The van der Waals surface area contributed by atoms with E-state index in [-0.39, 0.29) is 12.1 Å². The quantitative estimate of drug-likeness (QED) is 0.927. The van der Waals surface area contributed by atoms with Crippen molar-refractivity contribution in [3.8, 4) is 11.4 Å². The predicted octanol–water partition coefficient (Wildman–Crippen LogP) is 2.61. The Morgan fingerprint density at radius 1 is 1.39 bits per heavy atom. The summed E-state index contributed by atoms with van der Waals surface area (Å²) in [7, 11) is 0. The van der Waals surface area contributed by atoms with E-state index < -0.39 is 5.82 Å². The van der Waals surface area contributed by atoms with Crippen molar-refractivity contribution >= 4 is 11.6 Å². The Morgan fingerprint density at radius 2 is 2.17 bits per heavy atom. The Balaban J connectivity index is 2.60. The summed E-state index contributed by atoms with van der Waals surface area (Å²) in [6.45, 7) is 2.96. The molecule has 0 unspecified atom stereocenters. The molecule has 0 saturated heterocycles. The van der Waals surface area contributed by atoms with Gasteiger partial charge in [-0.15, -0.1) is 10.2 Å². The smallest absolute Gasteiger partial charge is 0.168 e. The Kier molecular flexibility index (Phi) is 3.93. The molecule has 2 N–H and O–H groups in total. The number of nitrogens with two attached hydrogens (primary N) is 1. The first-order chi connectivity index (χ1) is 8.69. The average molecular weight is 269 g/mol. The van der Waals surface area contributed by atoms with Crippen LogP contribution in [0.15, 0.2) is 18.2 Å².